The number of nitrogens with zero attached hydrogens (tertiary/aromatic N) is 2. The zero-order valence-electron chi connectivity index (χ0n) is 10.9. The molecule has 0 radical (unpaired) electrons. The van der Waals surface area contributed by atoms with Crippen LogP contribution >= 0.6 is 0 Å². The molecule has 1 N–H and O–H groups in total. The van der Waals surface area contributed by atoms with Crippen LogP contribution in [0.3, 0.4) is 0 Å². The Kier molecular flexibility index (Phi) is 3.75. The van der Waals surface area contributed by atoms with E-state index in [9.17, 15) is 9.59 Å². The number of pyridine rings is 2. The highest BCUT2D eigenvalue weighted by atomic mass is 16.2. The Morgan fingerprint density at radius 3 is 2.79 bits per heavy atom. The average molecular weight is 257 g/mol. The van der Waals surface area contributed by atoms with E-state index < -0.39 is 0 Å². The first-order valence-corrected chi connectivity index (χ1v) is 6.04. The summed E-state index contributed by atoms with van der Waals surface area (Å²) < 4.78 is 1.37. The van der Waals surface area contributed by atoms with E-state index in [1.54, 1.807) is 13.1 Å². The number of carbonyl (C=O) groups excluding carboxylic acids is 1. The van der Waals surface area contributed by atoms with Crippen molar-refractivity contribution in [3.05, 3.63) is 58.1 Å². The maximum Gasteiger partial charge on any atom is 0.258 e. The van der Waals surface area contributed by atoms with Crippen molar-refractivity contribution in [3.8, 4) is 0 Å². The van der Waals surface area contributed by atoms with E-state index in [2.05, 4.69) is 10.3 Å². The second-order valence-corrected chi connectivity index (χ2v) is 4.19. The van der Waals surface area contributed by atoms with E-state index in [1.807, 2.05) is 19.1 Å². The molecule has 2 aromatic rings. The molecule has 2 heterocycles. The summed E-state index contributed by atoms with van der Waals surface area (Å²) in [6, 6.07) is 8.36. The monoisotopic (exact) mass is 257 g/mol. The van der Waals surface area contributed by atoms with Gasteiger partial charge in [-0.3, -0.25) is 9.59 Å². The van der Waals surface area contributed by atoms with Crippen LogP contribution in [-0.2, 0) is 13.5 Å². The molecule has 0 atom stereocenters. The van der Waals surface area contributed by atoms with Crippen molar-refractivity contribution in [2.45, 2.75) is 13.3 Å². The van der Waals surface area contributed by atoms with E-state index in [1.165, 1.54) is 22.9 Å². The van der Waals surface area contributed by atoms with E-state index in [-0.39, 0.29) is 11.5 Å². The van der Waals surface area contributed by atoms with Crippen molar-refractivity contribution < 1.29 is 4.79 Å². The molecule has 0 saturated carbocycles. The summed E-state index contributed by atoms with van der Waals surface area (Å²) in [5.41, 5.74) is 1.19. The van der Waals surface area contributed by atoms with Crippen LogP contribution in [0.25, 0.3) is 0 Å². The van der Waals surface area contributed by atoms with Gasteiger partial charge in [0.15, 0.2) is 0 Å². The number of carbonyl (C=O) groups is 1. The van der Waals surface area contributed by atoms with E-state index >= 15 is 0 Å². The zero-order valence-corrected chi connectivity index (χ0v) is 10.9. The minimum atomic E-state index is -0.281. The molecule has 0 aliphatic rings. The number of rotatable bonds is 3. The first-order chi connectivity index (χ1) is 9.10. The minimum Gasteiger partial charge on any atom is -0.318 e. The Labute approximate surface area is 110 Å². The zero-order chi connectivity index (χ0) is 13.8. The van der Waals surface area contributed by atoms with Crippen LogP contribution in [0.5, 0.6) is 0 Å². The highest BCUT2D eigenvalue weighted by molar-refractivity contribution is 6.03. The van der Waals surface area contributed by atoms with Gasteiger partial charge in [0.05, 0.1) is 5.56 Å². The third-order valence-corrected chi connectivity index (χ3v) is 2.76. The molecular weight excluding hydrogens is 242 g/mol. The van der Waals surface area contributed by atoms with Crippen LogP contribution in [0.2, 0.25) is 0 Å². The number of anilines is 1. The SMILES string of the molecule is CCc1cccc(NC(=O)c2ccc(=O)n(C)c2)n1. The standard InChI is InChI=1S/C14H15N3O2/c1-3-11-5-4-6-12(15-11)16-14(19)10-7-8-13(18)17(2)9-10/h4-9H,3H2,1-2H3,(H,15,16,19). The lowest BCUT2D eigenvalue weighted by Crippen LogP contribution is -2.20. The van der Waals surface area contributed by atoms with E-state index in [0.717, 1.165) is 12.1 Å². The Hall–Kier alpha value is -2.43. The molecule has 1 amide bonds. The molecule has 19 heavy (non-hydrogen) atoms. The molecule has 98 valence electrons. The summed E-state index contributed by atoms with van der Waals surface area (Å²) in [5.74, 6) is 0.231. The molecule has 5 nitrogen and oxygen atoms in total. The van der Waals surface area contributed by atoms with Gasteiger partial charge in [-0.2, -0.15) is 0 Å². The van der Waals surface area contributed by atoms with Crippen LogP contribution in [0.4, 0.5) is 5.82 Å². The summed E-state index contributed by atoms with van der Waals surface area (Å²) in [7, 11) is 1.61. The highest BCUT2D eigenvalue weighted by Crippen LogP contribution is 2.07. The molecule has 5 heteroatoms. The van der Waals surface area contributed by atoms with E-state index in [4.69, 9.17) is 0 Å². The predicted molar refractivity (Wildman–Crippen MR) is 73.3 cm³/mol. The van der Waals surface area contributed by atoms with Crippen LogP contribution in [-0.4, -0.2) is 15.5 Å². The third kappa shape index (κ3) is 3.07. The average Bonchev–Trinajstić information content (AvgIpc) is 2.42. The predicted octanol–water partition coefficient (Wildman–Crippen LogP) is 1.59. The van der Waals surface area contributed by atoms with Gasteiger partial charge in [-0.15, -0.1) is 0 Å². The molecule has 0 unspecified atom stereocenters. The summed E-state index contributed by atoms with van der Waals surface area (Å²) in [6.45, 7) is 2.00. The molecule has 2 aromatic heterocycles. The van der Waals surface area contributed by atoms with Gasteiger partial charge in [-0.1, -0.05) is 13.0 Å². The third-order valence-electron chi connectivity index (χ3n) is 2.76. The topological polar surface area (TPSA) is 64.0 Å². The molecule has 0 aliphatic heterocycles. The normalized spacial score (nSPS) is 10.2. The van der Waals surface area contributed by atoms with E-state index in [0.29, 0.717) is 11.4 Å². The molecule has 0 aromatic carbocycles. The Balaban J connectivity index is 2.20. The summed E-state index contributed by atoms with van der Waals surface area (Å²) in [6.07, 6.45) is 2.31. The van der Waals surface area contributed by atoms with Gasteiger partial charge in [-0.25, -0.2) is 4.98 Å². The molecule has 2 rings (SSSR count). The summed E-state index contributed by atoms with van der Waals surface area (Å²) in [4.78, 5) is 27.6. The second-order valence-electron chi connectivity index (χ2n) is 4.19. The summed E-state index contributed by atoms with van der Waals surface area (Å²) >= 11 is 0. The van der Waals surface area contributed by atoms with Gasteiger partial charge in [0.2, 0.25) is 5.56 Å². The van der Waals surface area contributed by atoms with Crippen molar-refractivity contribution in [2.75, 3.05) is 5.32 Å². The molecule has 0 spiro atoms. The van der Waals surface area contributed by atoms with Gasteiger partial charge in [0.1, 0.15) is 5.82 Å². The first kappa shape index (κ1) is 13.0. The van der Waals surface area contributed by atoms with Gasteiger partial charge in [0.25, 0.3) is 5.91 Å². The lowest BCUT2D eigenvalue weighted by molar-refractivity contribution is 0.102. The quantitative estimate of drug-likeness (QED) is 0.908. The van der Waals surface area contributed by atoms with Crippen molar-refractivity contribution in [1.82, 2.24) is 9.55 Å². The molecular formula is C14H15N3O2. The Morgan fingerprint density at radius 1 is 1.32 bits per heavy atom. The molecule has 0 bridgehead atoms. The maximum absolute atomic E-state index is 12.0. The Bertz CT molecular complexity index is 662. The number of hydrogen-bond donors (Lipinski definition) is 1. The lowest BCUT2D eigenvalue weighted by atomic mass is 10.2. The van der Waals surface area contributed by atoms with Crippen molar-refractivity contribution >= 4 is 11.7 Å². The van der Waals surface area contributed by atoms with Crippen LogP contribution in [0.15, 0.2) is 41.3 Å². The smallest absolute Gasteiger partial charge is 0.258 e. The number of aromatic nitrogens is 2. The fourth-order valence-corrected chi connectivity index (χ4v) is 1.66. The van der Waals surface area contributed by atoms with Crippen molar-refractivity contribution in [3.63, 3.8) is 0 Å². The number of hydrogen-bond acceptors (Lipinski definition) is 3. The Morgan fingerprint density at radius 2 is 2.11 bits per heavy atom. The van der Waals surface area contributed by atoms with Crippen LogP contribution in [0.1, 0.15) is 23.0 Å². The molecule has 0 saturated heterocycles. The van der Waals surface area contributed by atoms with Crippen LogP contribution in [0, 0.1) is 0 Å². The molecule has 0 aliphatic carbocycles. The minimum absolute atomic E-state index is 0.150. The fraction of sp³-hybridized carbons (Fsp3) is 0.214. The largest absolute Gasteiger partial charge is 0.318 e. The van der Waals surface area contributed by atoms with Crippen LogP contribution < -0.4 is 10.9 Å². The second kappa shape index (κ2) is 5.48. The van der Waals surface area contributed by atoms with Gasteiger partial charge in [0, 0.05) is 25.0 Å². The highest BCUT2D eigenvalue weighted by Gasteiger charge is 2.07. The lowest BCUT2D eigenvalue weighted by Gasteiger charge is -2.06. The van der Waals surface area contributed by atoms with Crippen molar-refractivity contribution in [1.29, 1.82) is 0 Å². The number of aryl methyl sites for hydroxylation is 2. The summed E-state index contributed by atoms with van der Waals surface area (Å²) in [5, 5.41) is 2.71. The number of amides is 1. The molecule has 0 fully saturated rings. The number of nitrogens with one attached hydrogen (secondary N) is 1. The van der Waals surface area contributed by atoms with Gasteiger partial charge < -0.3 is 9.88 Å². The van der Waals surface area contributed by atoms with Gasteiger partial charge in [-0.05, 0) is 24.6 Å². The van der Waals surface area contributed by atoms with Crippen molar-refractivity contribution in [2.24, 2.45) is 7.05 Å². The fourth-order valence-electron chi connectivity index (χ4n) is 1.66. The van der Waals surface area contributed by atoms with Gasteiger partial charge >= 0.3 is 0 Å². The first-order valence-electron chi connectivity index (χ1n) is 6.04. The maximum atomic E-state index is 12.0.